The van der Waals surface area contributed by atoms with Crippen molar-refractivity contribution in [3.63, 3.8) is 0 Å². The van der Waals surface area contributed by atoms with Gasteiger partial charge in [0, 0.05) is 20.6 Å². The lowest BCUT2D eigenvalue weighted by atomic mass is 10.0. The molecule has 1 fully saturated rings. The van der Waals surface area contributed by atoms with E-state index in [1.54, 1.807) is 14.1 Å². The third-order valence-electron chi connectivity index (χ3n) is 4.54. The van der Waals surface area contributed by atoms with Crippen molar-refractivity contribution < 1.29 is 17.6 Å². The van der Waals surface area contributed by atoms with Gasteiger partial charge >= 0.3 is 0 Å². The summed E-state index contributed by atoms with van der Waals surface area (Å²) in [5.74, 6) is -0.544. The molecule has 8 heteroatoms. The molecule has 0 radical (unpaired) electrons. The average molecular weight is 399 g/mol. The van der Waals surface area contributed by atoms with Crippen LogP contribution in [0.5, 0.6) is 0 Å². The highest BCUT2D eigenvalue weighted by molar-refractivity contribution is 7.89. The van der Waals surface area contributed by atoms with E-state index in [2.05, 4.69) is 0 Å². The first-order valence-corrected chi connectivity index (χ1v) is 9.98. The summed E-state index contributed by atoms with van der Waals surface area (Å²) in [5, 5.41) is 0.627. The number of hydroxylamine groups is 2. The molecule has 0 bridgehead atoms. The average Bonchev–Trinajstić information content (AvgIpc) is 3.00. The fourth-order valence-corrected chi connectivity index (χ4v) is 5.00. The van der Waals surface area contributed by atoms with Gasteiger partial charge in [0.25, 0.3) is 0 Å². The zero-order valence-electron chi connectivity index (χ0n) is 14.5. The predicted octanol–water partition coefficient (Wildman–Crippen LogP) is 3.23. The largest absolute Gasteiger partial charge is 0.297 e. The van der Waals surface area contributed by atoms with Gasteiger partial charge < -0.3 is 0 Å². The number of hydrogen-bond donors (Lipinski definition) is 0. The summed E-state index contributed by atoms with van der Waals surface area (Å²) in [6.45, 7) is 0.290. The molecule has 140 valence electrons. The maximum atomic E-state index is 13.5. The molecule has 1 heterocycles. The van der Waals surface area contributed by atoms with Gasteiger partial charge in [-0.3, -0.25) is 4.84 Å². The van der Waals surface area contributed by atoms with Gasteiger partial charge in [0.15, 0.2) is 0 Å². The van der Waals surface area contributed by atoms with Crippen LogP contribution in [0.2, 0.25) is 5.02 Å². The Labute approximate surface area is 157 Å². The van der Waals surface area contributed by atoms with Gasteiger partial charge in [-0.05, 0) is 23.3 Å². The highest BCUT2D eigenvalue weighted by atomic mass is 35.5. The summed E-state index contributed by atoms with van der Waals surface area (Å²) < 4.78 is 41.1. The Bertz CT molecular complexity index is 879. The van der Waals surface area contributed by atoms with E-state index in [-0.39, 0.29) is 18.2 Å². The lowest BCUT2D eigenvalue weighted by molar-refractivity contribution is -0.110. The predicted molar refractivity (Wildman–Crippen MR) is 98.5 cm³/mol. The number of halogens is 2. The molecule has 1 aliphatic rings. The zero-order valence-corrected chi connectivity index (χ0v) is 16.0. The molecule has 0 spiro atoms. The minimum Gasteiger partial charge on any atom is -0.297 e. The van der Waals surface area contributed by atoms with Gasteiger partial charge in [-0.15, -0.1) is 0 Å². The normalized spacial score (nSPS) is 21.4. The topological polar surface area (TPSA) is 49.9 Å². The summed E-state index contributed by atoms with van der Waals surface area (Å²) in [5.41, 5.74) is 1.49. The van der Waals surface area contributed by atoms with Gasteiger partial charge in [0.1, 0.15) is 11.1 Å². The lowest BCUT2D eigenvalue weighted by Crippen LogP contribution is -2.40. The molecule has 0 aromatic heterocycles. The molecule has 5 nitrogen and oxygen atoms in total. The highest BCUT2D eigenvalue weighted by Crippen LogP contribution is 2.36. The molecular formula is C18H20ClFN2O3S. The van der Waals surface area contributed by atoms with E-state index in [1.165, 1.54) is 27.6 Å². The van der Waals surface area contributed by atoms with E-state index < -0.39 is 27.1 Å². The fraction of sp³-hybridized carbons (Fsp3) is 0.333. The van der Waals surface area contributed by atoms with Crippen molar-refractivity contribution in [2.75, 3.05) is 20.7 Å². The standard InChI is InChI=1S/C18H20ClFN2O3S/c1-21(11-13-6-4-3-5-7-13)26(23,24)17-12-25-22(2)18(17)14-8-9-16(20)15(19)10-14/h3-10,17-18H,11-12H2,1-2H3. The van der Waals surface area contributed by atoms with Crippen LogP contribution in [0.1, 0.15) is 17.2 Å². The Hall–Kier alpha value is -1.51. The molecule has 0 amide bonds. The van der Waals surface area contributed by atoms with Gasteiger partial charge in [0.2, 0.25) is 10.0 Å². The van der Waals surface area contributed by atoms with E-state index in [0.717, 1.165) is 5.56 Å². The number of hydrogen-bond acceptors (Lipinski definition) is 4. The van der Waals surface area contributed by atoms with E-state index in [9.17, 15) is 12.8 Å². The Balaban J connectivity index is 1.88. The van der Waals surface area contributed by atoms with Gasteiger partial charge in [-0.25, -0.2) is 17.1 Å². The summed E-state index contributed by atoms with van der Waals surface area (Å²) in [6.07, 6.45) is 0. The smallest absolute Gasteiger partial charge is 0.221 e. The highest BCUT2D eigenvalue weighted by Gasteiger charge is 2.45. The van der Waals surface area contributed by atoms with Crippen molar-refractivity contribution in [1.82, 2.24) is 9.37 Å². The summed E-state index contributed by atoms with van der Waals surface area (Å²) >= 11 is 5.88. The van der Waals surface area contributed by atoms with Crippen molar-refractivity contribution in [2.24, 2.45) is 0 Å². The van der Waals surface area contributed by atoms with Crippen LogP contribution in [0.25, 0.3) is 0 Å². The molecule has 2 unspecified atom stereocenters. The van der Waals surface area contributed by atoms with Gasteiger partial charge in [-0.1, -0.05) is 48.0 Å². The Morgan fingerprint density at radius 2 is 1.96 bits per heavy atom. The van der Waals surface area contributed by atoms with Crippen LogP contribution in [0, 0.1) is 5.82 Å². The van der Waals surface area contributed by atoms with Crippen LogP contribution in [0.15, 0.2) is 48.5 Å². The molecule has 1 aliphatic heterocycles. The Morgan fingerprint density at radius 1 is 1.27 bits per heavy atom. The summed E-state index contributed by atoms with van der Waals surface area (Å²) in [7, 11) is -0.448. The maximum Gasteiger partial charge on any atom is 0.221 e. The molecule has 2 atom stereocenters. The van der Waals surface area contributed by atoms with E-state index >= 15 is 0 Å². The fourth-order valence-electron chi connectivity index (χ4n) is 3.13. The molecule has 3 rings (SSSR count). The second-order valence-electron chi connectivity index (χ2n) is 6.29. The molecule has 0 N–H and O–H groups in total. The van der Waals surface area contributed by atoms with Crippen molar-refractivity contribution >= 4 is 21.6 Å². The van der Waals surface area contributed by atoms with Crippen molar-refractivity contribution in [3.05, 3.63) is 70.5 Å². The number of rotatable bonds is 5. The molecule has 26 heavy (non-hydrogen) atoms. The first-order chi connectivity index (χ1) is 12.3. The summed E-state index contributed by atoms with van der Waals surface area (Å²) in [4.78, 5) is 5.48. The zero-order chi connectivity index (χ0) is 18.9. The lowest BCUT2D eigenvalue weighted by Gasteiger charge is -2.27. The SMILES string of the molecule is CN1OCC(S(=O)(=O)N(C)Cc2ccccc2)C1c1ccc(F)c(Cl)c1. The molecule has 0 saturated carbocycles. The van der Waals surface area contributed by atoms with Crippen LogP contribution in [-0.2, 0) is 21.4 Å². The van der Waals surface area contributed by atoms with Gasteiger partial charge in [0.05, 0.1) is 17.7 Å². The first-order valence-electron chi connectivity index (χ1n) is 8.10. The van der Waals surface area contributed by atoms with Crippen LogP contribution >= 0.6 is 11.6 Å². The second-order valence-corrected chi connectivity index (χ2v) is 8.95. The number of sulfonamides is 1. The molecule has 1 saturated heterocycles. The van der Waals surface area contributed by atoms with Crippen LogP contribution in [-0.4, -0.2) is 43.7 Å². The van der Waals surface area contributed by atoms with E-state index in [4.69, 9.17) is 16.4 Å². The van der Waals surface area contributed by atoms with E-state index in [1.807, 2.05) is 30.3 Å². The third-order valence-corrected chi connectivity index (χ3v) is 6.98. The van der Waals surface area contributed by atoms with Gasteiger partial charge in [-0.2, -0.15) is 5.06 Å². The second kappa shape index (κ2) is 7.62. The Kier molecular flexibility index (Phi) is 5.64. The molecule has 2 aromatic rings. The summed E-state index contributed by atoms with van der Waals surface area (Å²) in [6, 6.07) is 13.0. The van der Waals surface area contributed by atoms with Crippen molar-refractivity contribution in [1.29, 1.82) is 0 Å². The molecule has 0 aliphatic carbocycles. The van der Waals surface area contributed by atoms with Crippen LogP contribution in [0.3, 0.4) is 0 Å². The van der Waals surface area contributed by atoms with Crippen molar-refractivity contribution in [2.45, 2.75) is 17.8 Å². The monoisotopic (exact) mass is 398 g/mol. The van der Waals surface area contributed by atoms with Crippen LogP contribution < -0.4 is 0 Å². The maximum absolute atomic E-state index is 13.5. The minimum absolute atomic E-state index is 0.0254. The first kappa shape index (κ1) is 19.3. The number of nitrogens with zero attached hydrogens (tertiary/aromatic N) is 2. The molecular weight excluding hydrogens is 379 g/mol. The quantitative estimate of drug-likeness (QED) is 0.776. The molecule has 2 aromatic carbocycles. The van der Waals surface area contributed by atoms with Crippen LogP contribution in [0.4, 0.5) is 4.39 Å². The van der Waals surface area contributed by atoms with Crippen molar-refractivity contribution in [3.8, 4) is 0 Å². The third kappa shape index (κ3) is 3.77. The Morgan fingerprint density at radius 3 is 2.62 bits per heavy atom. The number of benzene rings is 2. The van der Waals surface area contributed by atoms with E-state index in [0.29, 0.717) is 5.56 Å². The minimum atomic E-state index is -3.66.